The molecule has 1 amide bonds. The van der Waals surface area contributed by atoms with Gasteiger partial charge in [-0.1, -0.05) is 36.8 Å². The van der Waals surface area contributed by atoms with E-state index in [9.17, 15) is 13.2 Å². The molecular formula is C22H28N2O4S. The lowest BCUT2D eigenvalue weighted by Crippen LogP contribution is -2.46. The van der Waals surface area contributed by atoms with Crippen LogP contribution in [-0.4, -0.2) is 38.3 Å². The molecule has 2 aromatic rings. The number of rotatable bonds is 7. The predicted octanol–water partition coefficient (Wildman–Crippen LogP) is 3.42. The monoisotopic (exact) mass is 416 g/mol. The summed E-state index contributed by atoms with van der Waals surface area (Å²) in [5.41, 5.74) is 1.96. The van der Waals surface area contributed by atoms with Crippen LogP contribution in [0.3, 0.4) is 0 Å². The number of hydrogen-bond acceptors (Lipinski definition) is 4. The van der Waals surface area contributed by atoms with Crippen molar-refractivity contribution in [2.45, 2.75) is 50.1 Å². The minimum absolute atomic E-state index is 0.182. The number of aryl methyl sites for hydroxylation is 1. The molecule has 7 heteroatoms. The largest absolute Gasteiger partial charge is 0.497 e. The number of hydrogen-bond donors (Lipinski definition) is 1. The molecule has 0 bridgehead atoms. The second kappa shape index (κ2) is 8.97. The number of benzene rings is 2. The third-order valence-corrected chi connectivity index (χ3v) is 7.30. The fraction of sp³-hybridized carbons (Fsp3) is 0.409. The van der Waals surface area contributed by atoms with Gasteiger partial charge in [0.1, 0.15) is 11.8 Å². The minimum Gasteiger partial charge on any atom is -0.497 e. The van der Waals surface area contributed by atoms with Crippen molar-refractivity contribution in [3.05, 3.63) is 59.7 Å². The molecule has 156 valence electrons. The van der Waals surface area contributed by atoms with Crippen molar-refractivity contribution in [1.29, 1.82) is 0 Å². The number of ether oxygens (including phenoxy) is 1. The van der Waals surface area contributed by atoms with Gasteiger partial charge in [0.15, 0.2) is 0 Å². The van der Waals surface area contributed by atoms with Crippen LogP contribution in [0, 0.1) is 6.92 Å². The zero-order valence-corrected chi connectivity index (χ0v) is 17.9. The van der Waals surface area contributed by atoms with Crippen molar-refractivity contribution < 1.29 is 17.9 Å². The van der Waals surface area contributed by atoms with Gasteiger partial charge in [-0.05, 0) is 56.0 Å². The van der Waals surface area contributed by atoms with Crippen molar-refractivity contribution in [2.24, 2.45) is 0 Å². The van der Waals surface area contributed by atoms with Crippen LogP contribution in [-0.2, 0) is 14.8 Å². The Hall–Kier alpha value is -2.38. The van der Waals surface area contributed by atoms with Gasteiger partial charge >= 0.3 is 0 Å². The Balaban J connectivity index is 1.77. The van der Waals surface area contributed by atoms with Gasteiger partial charge < -0.3 is 10.1 Å². The zero-order valence-electron chi connectivity index (χ0n) is 17.1. The highest BCUT2D eigenvalue weighted by atomic mass is 32.2. The standard InChI is InChI=1S/C22H28N2O4S/c1-4-20(17-9-11-18(28-3)12-10-17)23-22(25)21-6-5-15-24(21)29(26,27)19-13-7-16(2)8-14-19/h7-14,20-21H,4-6,15H2,1-3H3,(H,23,25)/t20?,21-/m0/s1. The Labute approximate surface area is 172 Å². The molecule has 0 saturated carbocycles. The van der Waals surface area contributed by atoms with E-state index in [1.807, 2.05) is 38.1 Å². The maximum Gasteiger partial charge on any atom is 0.243 e. The van der Waals surface area contributed by atoms with Crippen LogP contribution in [0.25, 0.3) is 0 Å². The van der Waals surface area contributed by atoms with Crippen LogP contribution in [0.5, 0.6) is 5.75 Å². The highest BCUT2D eigenvalue weighted by molar-refractivity contribution is 7.89. The zero-order chi connectivity index (χ0) is 21.0. The van der Waals surface area contributed by atoms with E-state index < -0.39 is 16.1 Å². The molecule has 2 atom stereocenters. The van der Waals surface area contributed by atoms with Crippen molar-refractivity contribution in [3.63, 3.8) is 0 Å². The van der Waals surface area contributed by atoms with Gasteiger partial charge in [0.05, 0.1) is 18.0 Å². The summed E-state index contributed by atoms with van der Waals surface area (Å²) in [5.74, 6) is 0.502. The van der Waals surface area contributed by atoms with Crippen molar-refractivity contribution >= 4 is 15.9 Å². The lowest BCUT2D eigenvalue weighted by Gasteiger charge is -2.26. The van der Waals surface area contributed by atoms with Crippen molar-refractivity contribution in [1.82, 2.24) is 9.62 Å². The molecule has 2 aromatic carbocycles. The van der Waals surface area contributed by atoms with E-state index in [1.54, 1.807) is 31.4 Å². The Kier molecular flexibility index (Phi) is 6.59. The molecule has 1 N–H and O–H groups in total. The van der Waals surface area contributed by atoms with Crippen LogP contribution in [0.1, 0.15) is 43.4 Å². The Morgan fingerprint density at radius 2 is 1.83 bits per heavy atom. The maximum absolute atomic E-state index is 13.1. The van der Waals surface area contributed by atoms with Crippen LogP contribution in [0.4, 0.5) is 0 Å². The third-order valence-electron chi connectivity index (χ3n) is 5.38. The van der Waals surface area contributed by atoms with Gasteiger partial charge in [0, 0.05) is 6.54 Å². The van der Waals surface area contributed by atoms with E-state index >= 15 is 0 Å². The first kappa shape index (κ1) is 21.3. The minimum atomic E-state index is -3.71. The van der Waals surface area contributed by atoms with Crippen molar-refractivity contribution in [3.8, 4) is 5.75 Å². The first-order chi connectivity index (χ1) is 13.9. The molecule has 6 nitrogen and oxygen atoms in total. The predicted molar refractivity (Wildman–Crippen MR) is 112 cm³/mol. The normalized spacial score (nSPS) is 18.4. The molecule has 1 fully saturated rings. The molecular weight excluding hydrogens is 388 g/mol. The average Bonchev–Trinajstić information content (AvgIpc) is 3.23. The summed E-state index contributed by atoms with van der Waals surface area (Å²) >= 11 is 0. The highest BCUT2D eigenvalue weighted by Crippen LogP contribution is 2.28. The van der Waals surface area contributed by atoms with Gasteiger partial charge in [-0.2, -0.15) is 4.31 Å². The number of nitrogens with one attached hydrogen (secondary N) is 1. The van der Waals surface area contributed by atoms with Gasteiger partial charge in [-0.15, -0.1) is 0 Å². The number of nitrogens with zero attached hydrogens (tertiary/aromatic N) is 1. The lowest BCUT2D eigenvalue weighted by molar-refractivity contribution is -0.125. The molecule has 0 aromatic heterocycles. The fourth-order valence-corrected chi connectivity index (χ4v) is 5.32. The molecule has 1 saturated heterocycles. The molecule has 1 heterocycles. The summed E-state index contributed by atoms with van der Waals surface area (Å²) in [6, 6.07) is 13.4. The number of carbonyl (C=O) groups excluding carboxylic acids is 1. The smallest absolute Gasteiger partial charge is 0.243 e. The van der Waals surface area contributed by atoms with E-state index in [0.717, 1.165) is 16.9 Å². The van der Waals surface area contributed by atoms with Crippen LogP contribution in [0.15, 0.2) is 53.4 Å². The molecule has 0 aliphatic carbocycles. The lowest BCUT2D eigenvalue weighted by atomic mass is 10.0. The maximum atomic E-state index is 13.1. The summed E-state index contributed by atoms with van der Waals surface area (Å²) in [5, 5.41) is 3.04. The average molecular weight is 417 g/mol. The van der Waals surface area contributed by atoms with Crippen LogP contribution >= 0.6 is 0 Å². The molecule has 1 unspecified atom stereocenters. The molecule has 0 spiro atoms. The molecule has 1 aliphatic heterocycles. The molecule has 1 aliphatic rings. The number of amides is 1. The highest BCUT2D eigenvalue weighted by Gasteiger charge is 2.39. The quantitative estimate of drug-likeness (QED) is 0.750. The van der Waals surface area contributed by atoms with Crippen LogP contribution in [0.2, 0.25) is 0 Å². The summed E-state index contributed by atoms with van der Waals surface area (Å²) < 4.78 is 32.7. The first-order valence-electron chi connectivity index (χ1n) is 9.89. The van der Waals surface area contributed by atoms with Crippen LogP contribution < -0.4 is 10.1 Å². The Morgan fingerprint density at radius 1 is 1.17 bits per heavy atom. The second-order valence-corrected chi connectivity index (χ2v) is 9.22. The van der Waals surface area contributed by atoms with Crippen molar-refractivity contribution in [2.75, 3.05) is 13.7 Å². The molecule has 0 radical (unpaired) electrons. The van der Waals surface area contributed by atoms with Gasteiger partial charge in [-0.25, -0.2) is 8.42 Å². The topological polar surface area (TPSA) is 75.7 Å². The van der Waals surface area contributed by atoms with E-state index in [0.29, 0.717) is 25.8 Å². The molecule has 3 rings (SSSR count). The number of sulfonamides is 1. The summed E-state index contributed by atoms with van der Waals surface area (Å²) in [7, 11) is -2.10. The molecule has 29 heavy (non-hydrogen) atoms. The summed E-state index contributed by atoms with van der Waals surface area (Å²) in [6.45, 7) is 4.25. The van der Waals surface area contributed by atoms with Gasteiger partial charge in [-0.3, -0.25) is 4.79 Å². The Morgan fingerprint density at radius 3 is 2.41 bits per heavy atom. The first-order valence-corrected chi connectivity index (χ1v) is 11.3. The van der Waals surface area contributed by atoms with E-state index in [4.69, 9.17) is 4.74 Å². The van der Waals surface area contributed by atoms with E-state index in [1.165, 1.54) is 4.31 Å². The Bertz CT molecular complexity index is 940. The SMILES string of the molecule is CCC(NC(=O)[C@@H]1CCCN1S(=O)(=O)c1ccc(C)cc1)c1ccc(OC)cc1. The van der Waals surface area contributed by atoms with Gasteiger partial charge in [0.2, 0.25) is 15.9 Å². The van der Waals surface area contributed by atoms with E-state index in [2.05, 4.69) is 5.32 Å². The number of methoxy groups -OCH3 is 1. The summed E-state index contributed by atoms with van der Waals surface area (Å²) in [6.07, 6.45) is 1.90. The fourth-order valence-electron chi connectivity index (χ4n) is 3.66. The third kappa shape index (κ3) is 4.62. The number of carbonyl (C=O) groups is 1. The second-order valence-electron chi connectivity index (χ2n) is 7.33. The summed E-state index contributed by atoms with van der Waals surface area (Å²) in [4.78, 5) is 13.2. The van der Waals surface area contributed by atoms with E-state index in [-0.39, 0.29) is 16.8 Å². The van der Waals surface area contributed by atoms with Gasteiger partial charge in [0.25, 0.3) is 0 Å².